The van der Waals surface area contributed by atoms with Gasteiger partial charge in [-0.15, -0.1) is 0 Å². The molecule has 0 aliphatic carbocycles. The van der Waals surface area contributed by atoms with Gasteiger partial charge in [0.1, 0.15) is 5.82 Å². The monoisotopic (exact) mass is 425 g/mol. The number of aromatic amines is 1. The van der Waals surface area contributed by atoms with Crippen molar-refractivity contribution in [2.45, 2.75) is 6.92 Å². The number of nitrogens with zero attached hydrogens (tertiary/aromatic N) is 1. The third kappa shape index (κ3) is 3.79. The number of carbonyl (C=O) groups is 1. The SMILES string of the molecule is COc1c(Cl)cc(C(=O)Nc2cc(-c3nc4ccccc4[nH]3)ccc2C)cc1Cl. The van der Waals surface area contributed by atoms with Crippen LogP contribution in [-0.4, -0.2) is 23.0 Å². The van der Waals surface area contributed by atoms with E-state index in [4.69, 9.17) is 27.9 Å². The summed E-state index contributed by atoms with van der Waals surface area (Å²) in [6.45, 7) is 1.92. The Morgan fingerprint density at radius 1 is 1.07 bits per heavy atom. The molecule has 0 atom stereocenters. The molecule has 0 aliphatic rings. The first-order chi connectivity index (χ1) is 14.0. The van der Waals surface area contributed by atoms with Crippen LogP contribution in [0.1, 0.15) is 15.9 Å². The van der Waals surface area contributed by atoms with Crippen molar-refractivity contribution in [1.29, 1.82) is 0 Å². The average molecular weight is 426 g/mol. The topological polar surface area (TPSA) is 67.0 Å². The molecular weight excluding hydrogens is 409 g/mol. The van der Waals surface area contributed by atoms with Crippen LogP contribution in [0, 0.1) is 6.92 Å². The molecule has 0 saturated carbocycles. The molecule has 5 nitrogen and oxygen atoms in total. The molecule has 0 unspecified atom stereocenters. The van der Waals surface area contributed by atoms with Gasteiger partial charge < -0.3 is 15.0 Å². The maximum absolute atomic E-state index is 12.8. The van der Waals surface area contributed by atoms with Crippen LogP contribution in [-0.2, 0) is 0 Å². The van der Waals surface area contributed by atoms with Crippen LogP contribution in [0.5, 0.6) is 5.75 Å². The van der Waals surface area contributed by atoms with E-state index in [0.717, 1.165) is 28.0 Å². The molecule has 0 bridgehead atoms. The van der Waals surface area contributed by atoms with E-state index in [2.05, 4.69) is 15.3 Å². The summed E-state index contributed by atoms with van der Waals surface area (Å²) in [5.41, 5.74) is 4.65. The van der Waals surface area contributed by atoms with Crippen LogP contribution in [0.2, 0.25) is 10.0 Å². The first-order valence-corrected chi connectivity index (χ1v) is 9.62. The van der Waals surface area contributed by atoms with Crippen molar-refractivity contribution in [3.05, 3.63) is 75.8 Å². The number of methoxy groups -OCH3 is 1. The Morgan fingerprint density at radius 3 is 2.48 bits per heavy atom. The largest absolute Gasteiger partial charge is 0.494 e. The van der Waals surface area contributed by atoms with Crippen molar-refractivity contribution in [3.63, 3.8) is 0 Å². The van der Waals surface area contributed by atoms with E-state index in [1.54, 1.807) is 0 Å². The third-order valence-electron chi connectivity index (χ3n) is 4.61. The number of anilines is 1. The first-order valence-electron chi connectivity index (χ1n) is 8.86. The third-order valence-corrected chi connectivity index (χ3v) is 5.17. The lowest BCUT2D eigenvalue weighted by molar-refractivity contribution is 0.102. The summed E-state index contributed by atoms with van der Waals surface area (Å²) in [5, 5.41) is 3.48. The summed E-state index contributed by atoms with van der Waals surface area (Å²) in [6.07, 6.45) is 0. The van der Waals surface area contributed by atoms with Gasteiger partial charge in [0.2, 0.25) is 0 Å². The van der Waals surface area contributed by atoms with Crippen LogP contribution in [0.25, 0.3) is 22.4 Å². The van der Waals surface area contributed by atoms with E-state index in [9.17, 15) is 4.79 Å². The number of rotatable bonds is 4. The number of imidazole rings is 1. The number of para-hydroxylation sites is 2. The van der Waals surface area contributed by atoms with E-state index >= 15 is 0 Å². The number of hydrogen-bond donors (Lipinski definition) is 2. The quantitative estimate of drug-likeness (QED) is 0.414. The van der Waals surface area contributed by atoms with Crippen molar-refractivity contribution < 1.29 is 9.53 Å². The van der Waals surface area contributed by atoms with Crippen LogP contribution < -0.4 is 10.1 Å². The van der Waals surface area contributed by atoms with Crippen molar-refractivity contribution >= 4 is 45.8 Å². The minimum absolute atomic E-state index is 0.276. The van der Waals surface area contributed by atoms with E-state index in [0.29, 0.717) is 17.0 Å². The first kappa shape index (κ1) is 19.3. The number of hydrogen-bond acceptors (Lipinski definition) is 3. The Bertz CT molecular complexity index is 1180. The Balaban J connectivity index is 1.65. The molecule has 0 fully saturated rings. The zero-order valence-corrected chi connectivity index (χ0v) is 17.2. The zero-order valence-electron chi connectivity index (χ0n) is 15.7. The molecule has 2 N–H and O–H groups in total. The Morgan fingerprint density at radius 2 is 1.79 bits per heavy atom. The summed E-state index contributed by atoms with van der Waals surface area (Å²) < 4.78 is 5.13. The molecule has 4 rings (SSSR count). The van der Waals surface area contributed by atoms with Gasteiger partial charge >= 0.3 is 0 Å². The fourth-order valence-corrected chi connectivity index (χ4v) is 3.72. The van der Waals surface area contributed by atoms with Crippen molar-refractivity contribution in [2.24, 2.45) is 0 Å². The summed E-state index contributed by atoms with van der Waals surface area (Å²) >= 11 is 12.3. The molecule has 1 amide bonds. The lowest BCUT2D eigenvalue weighted by Crippen LogP contribution is -2.13. The lowest BCUT2D eigenvalue weighted by atomic mass is 10.1. The number of amides is 1. The van der Waals surface area contributed by atoms with Crippen LogP contribution >= 0.6 is 23.2 Å². The van der Waals surface area contributed by atoms with Crippen molar-refractivity contribution in [3.8, 4) is 17.1 Å². The van der Waals surface area contributed by atoms with Crippen LogP contribution in [0.15, 0.2) is 54.6 Å². The van der Waals surface area contributed by atoms with Gasteiger partial charge in [-0.25, -0.2) is 4.98 Å². The van der Waals surface area contributed by atoms with Crippen LogP contribution in [0.3, 0.4) is 0 Å². The molecule has 4 aromatic rings. The second-order valence-electron chi connectivity index (χ2n) is 6.56. The van der Waals surface area contributed by atoms with Gasteiger partial charge in [-0.05, 0) is 42.8 Å². The highest BCUT2D eigenvalue weighted by atomic mass is 35.5. The predicted octanol–water partition coefficient (Wildman–Crippen LogP) is 6.11. The molecule has 1 heterocycles. The molecule has 146 valence electrons. The summed E-state index contributed by atoms with van der Waals surface area (Å²) in [4.78, 5) is 20.7. The van der Waals surface area contributed by atoms with Gasteiger partial charge in [-0.2, -0.15) is 0 Å². The van der Waals surface area contributed by atoms with E-state index in [1.807, 2.05) is 49.4 Å². The zero-order chi connectivity index (χ0) is 20.5. The summed E-state index contributed by atoms with van der Waals surface area (Å²) in [5.74, 6) is 0.756. The number of nitrogens with one attached hydrogen (secondary N) is 2. The minimum atomic E-state index is -0.318. The molecule has 1 aromatic heterocycles. The lowest BCUT2D eigenvalue weighted by Gasteiger charge is -2.12. The number of benzene rings is 3. The highest BCUT2D eigenvalue weighted by Crippen LogP contribution is 2.34. The molecule has 7 heteroatoms. The van der Waals surface area contributed by atoms with E-state index in [-0.39, 0.29) is 16.0 Å². The Labute approximate surface area is 177 Å². The second-order valence-corrected chi connectivity index (χ2v) is 7.37. The number of carbonyl (C=O) groups excluding carboxylic acids is 1. The Kier molecular flexibility index (Phi) is 5.18. The molecule has 0 saturated heterocycles. The molecule has 0 aliphatic heterocycles. The highest BCUT2D eigenvalue weighted by molar-refractivity contribution is 6.37. The maximum atomic E-state index is 12.8. The highest BCUT2D eigenvalue weighted by Gasteiger charge is 2.15. The Hall–Kier alpha value is -3.02. The fourth-order valence-electron chi connectivity index (χ4n) is 3.07. The van der Waals surface area contributed by atoms with Crippen LogP contribution in [0.4, 0.5) is 5.69 Å². The van der Waals surface area contributed by atoms with Gasteiger partial charge in [-0.3, -0.25) is 4.79 Å². The number of ether oxygens (including phenoxy) is 1. The normalized spacial score (nSPS) is 10.9. The van der Waals surface area contributed by atoms with Gasteiger partial charge in [0, 0.05) is 16.8 Å². The predicted molar refractivity (Wildman–Crippen MR) is 117 cm³/mol. The van der Waals surface area contributed by atoms with Crippen molar-refractivity contribution in [1.82, 2.24) is 9.97 Å². The van der Waals surface area contributed by atoms with E-state index in [1.165, 1.54) is 19.2 Å². The van der Waals surface area contributed by atoms with Gasteiger partial charge in [0.25, 0.3) is 5.91 Å². The molecule has 29 heavy (non-hydrogen) atoms. The summed E-state index contributed by atoms with van der Waals surface area (Å²) in [7, 11) is 1.47. The number of aromatic nitrogens is 2. The molecule has 0 radical (unpaired) electrons. The fraction of sp³-hybridized carbons (Fsp3) is 0.0909. The smallest absolute Gasteiger partial charge is 0.255 e. The van der Waals surface area contributed by atoms with Gasteiger partial charge in [0.05, 0.1) is 28.2 Å². The standard InChI is InChI=1S/C22H17Cl2N3O2/c1-12-7-8-13(21-25-17-5-3-4-6-18(17)26-21)11-19(12)27-22(28)14-9-15(23)20(29-2)16(24)10-14/h3-11H,1-2H3,(H,25,26)(H,27,28). The van der Waals surface area contributed by atoms with Gasteiger partial charge in [-0.1, -0.05) is 47.5 Å². The molecular formula is C22H17Cl2N3O2. The number of aryl methyl sites for hydroxylation is 1. The number of fused-ring (bicyclic) bond motifs is 1. The average Bonchev–Trinajstić information content (AvgIpc) is 3.13. The van der Waals surface area contributed by atoms with Crippen molar-refractivity contribution in [2.75, 3.05) is 12.4 Å². The number of H-pyrrole nitrogens is 1. The van der Waals surface area contributed by atoms with Gasteiger partial charge in [0.15, 0.2) is 5.75 Å². The summed E-state index contributed by atoms with van der Waals surface area (Å²) in [6, 6.07) is 16.7. The number of halogens is 2. The minimum Gasteiger partial charge on any atom is -0.494 e. The van der Waals surface area contributed by atoms with E-state index < -0.39 is 0 Å². The molecule has 3 aromatic carbocycles. The molecule has 0 spiro atoms. The maximum Gasteiger partial charge on any atom is 0.255 e. The second kappa shape index (κ2) is 7.78.